The molecule has 88 valence electrons. The Morgan fingerprint density at radius 2 is 2.44 bits per heavy atom. The second-order valence-corrected chi connectivity index (χ2v) is 4.43. The second kappa shape index (κ2) is 5.00. The first-order valence-corrected chi connectivity index (χ1v) is 6.26. The van der Waals surface area contributed by atoms with E-state index in [4.69, 9.17) is 11.6 Å². The minimum absolute atomic E-state index is 0.313. The third kappa shape index (κ3) is 2.14. The largest absolute Gasteiger partial charge is 0.353 e. The van der Waals surface area contributed by atoms with Crippen molar-refractivity contribution >= 4 is 17.4 Å². The van der Waals surface area contributed by atoms with Crippen LogP contribution in [0.1, 0.15) is 31.7 Å². The van der Waals surface area contributed by atoms with E-state index in [0.29, 0.717) is 11.9 Å². The Labute approximate surface area is 100 Å². The van der Waals surface area contributed by atoms with Crippen LogP contribution in [0.4, 0.5) is 10.2 Å². The zero-order valence-electron chi connectivity index (χ0n) is 9.42. The van der Waals surface area contributed by atoms with Gasteiger partial charge in [-0.3, -0.25) is 0 Å². The van der Waals surface area contributed by atoms with E-state index in [2.05, 4.69) is 16.8 Å². The van der Waals surface area contributed by atoms with Crippen molar-refractivity contribution in [3.63, 3.8) is 0 Å². The lowest BCUT2D eigenvalue weighted by molar-refractivity contribution is 0.611. The van der Waals surface area contributed by atoms with Gasteiger partial charge in [0.05, 0.1) is 12.1 Å². The Balaban J connectivity index is 2.31. The summed E-state index contributed by atoms with van der Waals surface area (Å²) in [6, 6.07) is 2.01. The van der Waals surface area contributed by atoms with Crippen LogP contribution in [-0.4, -0.2) is 17.6 Å². The Bertz CT molecular complexity index is 370. The lowest BCUT2D eigenvalue weighted by Gasteiger charge is -2.26. The van der Waals surface area contributed by atoms with Crippen molar-refractivity contribution in [1.29, 1.82) is 0 Å². The summed E-state index contributed by atoms with van der Waals surface area (Å²) in [5, 5.41) is 0. The van der Waals surface area contributed by atoms with Gasteiger partial charge in [-0.1, -0.05) is 6.92 Å². The van der Waals surface area contributed by atoms with Gasteiger partial charge in [0, 0.05) is 18.2 Å². The average molecular weight is 243 g/mol. The molecule has 16 heavy (non-hydrogen) atoms. The van der Waals surface area contributed by atoms with Gasteiger partial charge in [-0.25, -0.2) is 9.37 Å². The van der Waals surface area contributed by atoms with Gasteiger partial charge in [-0.05, 0) is 25.3 Å². The molecule has 0 N–H and O–H groups in total. The van der Waals surface area contributed by atoms with Crippen LogP contribution in [0.2, 0.25) is 0 Å². The van der Waals surface area contributed by atoms with E-state index in [0.717, 1.165) is 24.3 Å². The number of nitrogens with zero attached hydrogens (tertiary/aromatic N) is 2. The fraction of sp³-hybridized carbons (Fsp3) is 0.583. The normalized spacial score (nSPS) is 20.4. The van der Waals surface area contributed by atoms with Crippen molar-refractivity contribution in [3.05, 3.63) is 23.6 Å². The van der Waals surface area contributed by atoms with Crippen LogP contribution < -0.4 is 4.90 Å². The number of alkyl halides is 1. The molecule has 0 aromatic carbocycles. The van der Waals surface area contributed by atoms with E-state index in [1.54, 1.807) is 0 Å². The number of halogens is 2. The molecule has 1 aromatic heterocycles. The summed E-state index contributed by atoms with van der Waals surface area (Å²) in [5.74, 6) is 0.861. The Morgan fingerprint density at radius 3 is 3.12 bits per heavy atom. The van der Waals surface area contributed by atoms with Crippen molar-refractivity contribution in [2.24, 2.45) is 0 Å². The molecule has 2 rings (SSSR count). The molecule has 1 atom stereocenters. The first-order chi connectivity index (χ1) is 7.76. The highest BCUT2D eigenvalue weighted by atomic mass is 35.5. The summed E-state index contributed by atoms with van der Waals surface area (Å²) in [6.07, 6.45) is 4.74. The summed E-state index contributed by atoms with van der Waals surface area (Å²) < 4.78 is 13.1. The lowest BCUT2D eigenvalue weighted by Crippen LogP contribution is -2.30. The van der Waals surface area contributed by atoms with Crippen molar-refractivity contribution in [2.75, 3.05) is 11.4 Å². The Hall–Kier alpha value is -0.830. The Morgan fingerprint density at radius 1 is 1.62 bits per heavy atom. The first-order valence-electron chi connectivity index (χ1n) is 5.73. The maximum Gasteiger partial charge on any atom is 0.141 e. The van der Waals surface area contributed by atoms with E-state index >= 15 is 0 Å². The minimum atomic E-state index is -0.313. The molecular weight excluding hydrogens is 227 g/mol. The van der Waals surface area contributed by atoms with E-state index in [9.17, 15) is 4.39 Å². The summed E-state index contributed by atoms with van der Waals surface area (Å²) in [7, 11) is 0. The van der Waals surface area contributed by atoms with E-state index in [1.165, 1.54) is 25.1 Å². The van der Waals surface area contributed by atoms with Crippen molar-refractivity contribution < 1.29 is 4.39 Å². The summed E-state index contributed by atoms with van der Waals surface area (Å²) >= 11 is 5.84. The lowest BCUT2D eigenvalue weighted by atomic mass is 10.1. The number of anilines is 1. The molecule has 0 amide bonds. The number of rotatable bonds is 3. The zero-order valence-corrected chi connectivity index (χ0v) is 10.2. The van der Waals surface area contributed by atoms with E-state index < -0.39 is 0 Å². The van der Waals surface area contributed by atoms with Crippen LogP contribution in [-0.2, 0) is 5.88 Å². The number of hydrogen-bond acceptors (Lipinski definition) is 2. The zero-order chi connectivity index (χ0) is 11.5. The molecule has 0 aliphatic carbocycles. The van der Waals surface area contributed by atoms with Crippen molar-refractivity contribution in [1.82, 2.24) is 4.98 Å². The van der Waals surface area contributed by atoms with Crippen molar-refractivity contribution in [2.45, 2.75) is 38.1 Å². The fourth-order valence-electron chi connectivity index (χ4n) is 2.37. The standard InChI is InChI=1S/C12H16ClFN2/c1-2-11-4-3-5-16(11)12-9(7-13)6-10(14)8-15-12/h6,8,11H,2-5,7H2,1H3. The van der Waals surface area contributed by atoms with Gasteiger partial charge in [-0.2, -0.15) is 0 Å². The van der Waals surface area contributed by atoms with Gasteiger partial charge in [0.2, 0.25) is 0 Å². The monoisotopic (exact) mass is 242 g/mol. The van der Waals surface area contributed by atoms with Gasteiger partial charge in [0.25, 0.3) is 0 Å². The third-order valence-electron chi connectivity index (χ3n) is 3.17. The van der Waals surface area contributed by atoms with Gasteiger partial charge in [-0.15, -0.1) is 11.6 Å². The van der Waals surface area contributed by atoms with E-state index in [1.807, 2.05) is 0 Å². The maximum absolute atomic E-state index is 13.1. The molecule has 0 bridgehead atoms. The van der Waals surface area contributed by atoms with Crippen LogP contribution in [0.3, 0.4) is 0 Å². The molecule has 1 unspecified atom stereocenters. The minimum Gasteiger partial charge on any atom is -0.353 e. The molecule has 2 nitrogen and oxygen atoms in total. The number of aromatic nitrogens is 1. The molecule has 0 radical (unpaired) electrons. The molecule has 1 aliphatic rings. The quantitative estimate of drug-likeness (QED) is 0.756. The number of pyridine rings is 1. The average Bonchev–Trinajstić information content (AvgIpc) is 2.76. The molecule has 0 saturated carbocycles. The molecular formula is C12H16ClFN2. The van der Waals surface area contributed by atoms with Crippen LogP contribution >= 0.6 is 11.6 Å². The first kappa shape index (κ1) is 11.6. The highest BCUT2D eigenvalue weighted by Gasteiger charge is 2.25. The summed E-state index contributed by atoms with van der Waals surface area (Å²) in [4.78, 5) is 6.46. The van der Waals surface area contributed by atoms with Crippen molar-refractivity contribution in [3.8, 4) is 0 Å². The van der Waals surface area contributed by atoms with Gasteiger partial charge in [0.1, 0.15) is 11.6 Å². The summed E-state index contributed by atoms with van der Waals surface area (Å²) in [5.41, 5.74) is 0.794. The molecule has 1 aromatic rings. The highest BCUT2D eigenvalue weighted by molar-refractivity contribution is 6.17. The third-order valence-corrected chi connectivity index (χ3v) is 3.46. The summed E-state index contributed by atoms with van der Waals surface area (Å²) in [6.45, 7) is 3.17. The van der Waals surface area contributed by atoms with E-state index in [-0.39, 0.29) is 5.82 Å². The van der Waals surface area contributed by atoms with Crippen LogP contribution in [0.25, 0.3) is 0 Å². The topological polar surface area (TPSA) is 16.1 Å². The van der Waals surface area contributed by atoms with Crippen LogP contribution in [0.5, 0.6) is 0 Å². The van der Waals surface area contributed by atoms with Gasteiger partial charge < -0.3 is 4.90 Å². The van der Waals surface area contributed by atoms with Gasteiger partial charge in [0.15, 0.2) is 0 Å². The Kier molecular flexibility index (Phi) is 3.64. The SMILES string of the molecule is CCC1CCCN1c1ncc(F)cc1CCl. The molecule has 4 heteroatoms. The molecule has 1 aliphatic heterocycles. The fourth-order valence-corrected chi connectivity index (χ4v) is 2.57. The number of hydrogen-bond donors (Lipinski definition) is 0. The maximum atomic E-state index is 13.1. The predicted molar refractivity (Wildman–Crippen MR) is 64.4 cm³/mol. The smallest absolute Gasteiger partial charge is 0.141 e. The molecule has 2 heterocycles. The van der Waals surface area contributed by atoms with Crippen LogP contribution in [0.15, 0.2) is 12.3 Å². The second-order valence-electron chi connectivity index (χ2n) is 4.17. The highest BCUT2D eigenvalue weighted by Crippen LogP contribution is 2.29. The van der Waals surface area contributed by atoms with Gasteiger partial charge >= 0.3 is 0 Å². The molecule has 1 fully saturated rings. The predicted octanol–water partition coefficient (Wildman–Crippen LogP) is 3.34. The molecule has 0 spiro atoms. The molecule has 1 saturated heterocycles. The van der Waals surface area contributed by atoms with Crippen LogP contribution in [0, 0.1) is 5.82 Å².